The average molecular weight is 417 g/mol. The van der Waals surface area contributed by atoms with Gasteiger partial charge in [0, 0.05) is 17.8 Å². The van der Waals surface area contributed by atoms with E-state index in [1.165, 1.54) is 13.8 Å². The molecule has 0 saturated heterocycles. The Morgan fingerprint density at radius 1 is 1.43 bits per heavy atom. The van der Waals surface area contributed by atoms with Gasteiger partial charge in [0.1, 0.15) is 6.10 Å². The summed E-state index contributed by atoms with van der Waals surface area (Å²) in [4.78, 5) is 11.0. The third-order valence-corrected chi connectivity index (χ3v) is 5.39. The number of hydrogen-bond donors (Lipinski definition) is 0. The van der Waals surface area contributed by atoms with Crippen LogP contribution in [0.1, 0.15) is 13.8 Å². The van der Waals surface area contributed by atoms with E-state index in [2.05, 4.69) is 20.1 Å². The Bertz CT molecular complexity index is 545. The Morgan fingerprint density at radius 2 is 1.86 bits per heavy atom. The van der Waals surface area contributed by atoms with Crippen molar-refractivity contribution in [2.45, 2.75) is 29.9 Å². The second-order valence-corrected chi connectivity index (χ2v) is 9.39. The topological polar surface area (TPSA) is 83.5 Å². The molecule has 11 heteroatoms. The molecule has 1 aliphatic carbocycles. The monoisotopic (exact) mass is 415 g/mol. The number of carbonyl (C=O) groups is 1. The van der Waals surface area contributed by atoms with E-state index in [9.17, 15) is 31.5 Å². The molecule has 124 valence electrons. The van der Waals surface area contributed by atoms with Crippen molar-refractivity contribution < 1.29 is 35.7 Å². The summed E-state index contributed by atoms with van der Waals surface area (Å²) in [5.74, 6) is -4.17. The van der Waals surface area contributed by atoms with E-state index >= 15 is 0 Å². The third-order valence-electron chi connectivity index (χ3n) is 3.50. The van der Waals surface area contributed by atoms with E-state index in [0.717, 1.165) is 0 Å². The van der Waals surface area contributed by atoms with Crippen LogP contribution in [-0.4, -0.2) is 36.7 Å². The first kappa shape index (κ1) is 19.0. The Kier molecular flexibility index (Phi) is 4.74. The van der Waals surface area contributed by atoms with Gasteiger partial charge in [-0.3, -0.25) is 4.18 Å². The quantitative estimate of drug-likeness (QED) is 0.497. The molecule has 1 saturated carbocycles. The zero-order chi connectivity index (χ0) is 17.0. The molecular weight excluding hydrogens is 405 g/mol. The second-order valence-electron chi connectivity index (χ2n) is 5.49. The van der Waals surface area contributed by atoms with Crippen LogP contribution in [0.5, 0.6) is 0 Å². The molecular formula is C10H12BrClF3O5S-. The van der Waals surface area contributed by atoms with E-state index in [0.29, 0.717) is 6.26 Å². The van der Waals surface area contributed by atoms with Crippen molar-refractivity contribution >= 4 is 43.6 Å². The molecule has 4 atom stereocenters. The van der Waals surface area contributed by atoms with Gasteiger partial charge in [-0.15, -0.1) is 0 Å². The Morgan fingerprint density at radius 3 is 2.10 bits per heavy atom. The van der Waals surface area contributed by atoms with Crippen LogP contribution in [0.2, 0.25) is 0 Å². The van der Waals surface area contributed by atoms with Crippen LogP contribution in [-0.2, 0) is 19.1 Å². The molecule has 0 spiro atoms. The van der Waals surface area contributed by atoms with Crippen LogP contribution in [0.3, 0.4) is 0 Å². The molecule has 0 aromatic heterocycles. The van der Waals surface area contributed by atoms with Crippen molar-refractivity contribution in [3.63, 3.8) is 0 Å². The molecule has 0 bridgehead atoms. The number of carboxylic acids is 1. The SMILES string of the molecule is CC1(C)C(C(=O)[O-])C1C(OS(C)(=O)=O)C(Cl)(Br)C(F)(F)F. The van der Waals surface area contributed by atoms with Crippen molar-refractivity contribution in [1.82, 2.24) is 0 Å². The standard InChI is InChI=1S/C10H13BrClF3O5S/c1-8(2)4(5(8)7(16)17)6(20-21(3,18)19)9(11,12)10(13,14)15/h4-6H,1-3H3,(H,16,17)/p-1. The summed E-state index contributed by atoms with van der Waals surface area (Å²) in [6.07, 6.45) is -6.66. The van der Waals surface area contributed by atoms with Gasteiger partial charge in [0.25, 0.3) is 10.1 Å². The van der Waals surface area contributed by atoms with Crippen LogP contribution in [0.25, 0.3) is 0 Å². The number of alkyl halides is 5. The molecule has 0 amide bonds. The summed E-state index contributed by atoms with van der Waals surface area (Å²) in [7, 11) is -4.30. The number of hydrogen-bond acceptors (Lipinski definition) is 5. The molecule has 0 heterocycles. The van der Waals surface area contributed by atoms with Gasteiger partial charge < -0.3 is 9.90 Å². The lowest BCUT2D eigenvalue weighted by molar-refractivity contribution is -0.309. The first-order valence-electron chi connectivity index (χ1n) is 5.57. The summed E-state index contributed by atoms with van der Waals surface area (Å²) >= 11 is 7.63. The van der Waals surface area contributed by atoms with Gasteiger partial charge in [-0.05, 0) is 5.41 Å². The van der Waals surface area contributed by atoms with Crippen molar-refractivity contribution in [2.75, 3.05) is 6.26 Å². The minimum atomic E-state index is -5.07. The first-order chi connectivity index (χ1) is 9.03. The largest absolute Gasteiger partial charge is 0.550 e. The maximum Gasteiger partial charge on any atom is 0.420 e. The second kappa shape index (κ2) is 5.24. The Hall–Kier alpha value is -0.0600. The molecule has 1 fully saturated rings. The van der Waals surface area contributed by atoms with Crippen LogP contribution in [0.15, 0.2) is 0 Å². The minimum Gasteiger partial charge on any atom is -0.550 e. The van der Waals surface area contributed by atoms with Crippen molar-refractivity contribution in [1.29, 1.82) is 0 Å². The maximum atomic E-state index is 13.0. The van der Waals surface area contributed by atoms with Crippen molar-refractivity contribution in [3.8, 4) is 0 Å². The fraction of sp³-hybridized carbons (Fsp3) is 0.900. The van der Waals surface area contributed by atoms with Gasteiger partial charge in [-0.1, -0.05) is 41.4 Å². The predicted molar refractivity (Wildman–Crippen MR) is 69.1 cm³/mol. The smallest absolute Gasteiger partial charge is 0.420 e. The summed E-state index contributed by atoms with van der Waals surface area (Å²) in [6, 6.07) is 0. The number of rotatable bonds is 5. The number of aliphatic carboxylic acids is 1. The number of carbonyl (C=O) groups excluding carboxylic acids is 1. The number of halogens is 5. The number of carboxylic acid groups (broad SMARTS) is 1. The van der Waals surface area contributed by atoms with E-state index in [-0.39, 0.29) is 0 Å². The molecule has 0 aliphatic heterocycles. The van der Waals surface area contributed by atoms with Crippen LogP contribution < -0.4 is 5.11 Å². The fourth-order valence-corrected chi connectivity index (χ4v) is 3.76. The normalized spacial score (nSPS) is 29.5. The van der Waals surface area contributed by atoms with Crippen molar-refractivity contribution in [2.24, 2.45) is 17.3 Å². The van der Waals surface area contributed by atoms with E-state index in [1.54, 1.807) is 0 Å². The minimum absolute atomic E-state index is 0.555. The summed E-state index contributed by atoms with van der Waals surface area (Å²) in [5.41, 5.74) is -1.15. The van der Waals surface area contributed by atoms with Gasteiger partial charge in [0.2, 0.25) is 3.78 Å². The first-order valence-corrected chi connectivity index (χ1v) is 8.56. The van der Waals surface area contributed by atoms with Gasteiger partial charge in [-0.2, -0.15) is 21.6 Å². The molecule has 21 heavy (non-hydrogen) atoms. The van der Waals surface area contributed by atoms with Crippen LogP contribution in [0, 0.1) is 17.3 Å². The Balaban J connectivity index is 3.27. The van der Waals surface area contributed by atoms with Gasteiger partial charge in [0.05, 0.1) is 6.26 Å². The van der Waals surface area contributed by atoms with E-state index in [4.69, 9.17) is 11.6 Å². The van der Waals surface area contributed by atoms with Gasteiger partial charge in [-0.25, -0.2) is 0 Å². The van der Waals surface area contributed by atoms with E-state index < -0.39 is 49.4 Å². The molecule has 5 nitrogen and oxygen atoms in total. The zero-order valence-corrected chi connectivity index (χ0v) is 14.2. The summed E-state index contributed by atoms with van der Waals surface area (Å²) in [5, 5.41) is 11.0. The highest BCUT2D eigenvalue weighted by molar-refractivity contribution is 9.10. The van der Waals surface area contributed by atoms with Crippen molar-refractivity contribution in [3.05, 3.63) is 0 Å². The molecule has 0 aromatic rings. The zero-order valence-electron chi connectivity index (χ0n) is 11.1. The highest BCUT2D eigenvalue weighted by atomic mass is 79.9. The lowest BCUT2D eigenvalue weighted by Gasteiger charge is -2.32. The average Bonchev–Trinajstić information content (AvgIpc) is 2.74. The van der Waals surface area contributed by atoms with E-state index in [1.807, 2.05) is 0 Å². The van der Waals surface area contributed by atoms with Gasteiger partial charge >= 0.3 is 6.18 Å². The highest BCUT2D eigenvalue weighted by Gasteiger charge is 2.71. The molecule has 0 aromatic carbocycles. The predicted octanol–water partition coefficient (Wildman–Crippen LogP) is 1.25. The van der Waals surface area contributed by atoms with Crippen LogP contribution in [0.4, 0.5) is 13.2 Å². The summed E-state index contributed by atoms with van der Waals surface area (Å²) in [6.45, 7) is 2.74. The molecule has 1 aliphatic rings. The summed E-state index contributed by atoms with van der Waals surface area (Å²) < 4.78 is 62.6. The van der Waals surface area contributed by atoms with Crippen LogP contribution >= 0.6 is 27.5 Å². The molecule has 4 unspecified atom stereocenters. The maximum absolute atomic E-state index is 13.0. The Labute approximate surface area is 133 Å². The molecule has 0 N–H and O–H groups in total. The lowest BCUT2D eigenvalue weighted by Crippen LogP contribution is -2.49. The molecule has 1 rings (SSSR count). The fourth-order valence-electron chi connectivity index (χ4n) is 2.39. The lowest BCUT2D eigenvalue weighted by atomic mass is 10.0. The third kappa shape index (κ3) is 3.65. The highest BCUT2D eigenvalue weighted by Crippen LogP contribution is 2.65. The molecule has 0 radical (unpaired) electrons. The van der Waals surface area contributed by atoms with Gasteiger partial charge in [0.15, 0.2) is 0 Å².